The summed E-state index contributed by atoms with van der Waals surface area (Å²) in [5.41, 5.74) is 0.0253. The number of hydrogen-bond acceptors (Lipinski definition) is 4. The van der Waals surface area contributed by atoms with Crippen molar-refractivity contribution < 1.29 is 19.4 Å². The summed E-state index contributed by atoms with van der Waals surface area (Å²) in [6, 6.07) is 5.14. The lowest BCUT2D eigenvalue weighted by Gasteiger charge is -2.19. The summed E-state index contributed by atoms with van der Waals surface area (Å²) in [6.07, 6.45) is 2.10. The van der Waals surface area contributed by atoms with E-state index in [1.54, 1.807) is 25.1 Å². The van der Waals surface area contributed by atoms with E-state index in [1.807, 2.05) is 6.92 Å². The van der Waals surface area contributed by atoms with Crippen molar-refractivity contribution in [2.75, 3.05) is 5.32 Å². The van der Waals surface area contributed by atoms with Crippen LogP contribution in [-0.2, 0) is 15.1 Å². The molecule has 2 N–H and O–H groups in total. The molecule has 0 saturated heterocycles. The molecule has 134 valence electrons. The van der Waals surface area contributed by atoms with Crippen LogP contribution < -0.4 is 10.1 Å². The second-order valence-electron chi connectivity index (χ2n) is 6.20. The molecular formula is C17H20ClN3O4. The topological polar surface area (TPSA) is 93.5 Å². The highest BCUT2D eigenvalue weighted by atomic mass is 35.5. The number of nitrogens with zero attached hydrogens (tertiary/aromatic N) is 2. The van der Waals surface area contributed by atoms with Crippen LogP contribution >= 0.6 is 11.6 Å². The number of aryl methyl sites for hydroxylation is 1. The number of carbonyl (C=O) groups is 2. The van der Waals surface area contributed by atoms with Gasteiger partial charge in [-0.2, -0.15) is 5.10 Å². The number of carbonyl (C=O) groups excluding carboxylic acids is 1. The van der Waals surface area contributed by atoms with E-state index in [4.69, 9.17) is 16.3 Å². The number of benzene rings is 1. The van der Waals surface area contributed by atoms with Crippen LogP contribution in [0, 0.1) is 6.92 Å². The average Bonchev–Trinajstić information content (AvgIpc) is 3.00. The number of hydrogen-bond donors (Lipinski definition) is 2. The average molecular weight is 366 g/mol. The van der Waals surface area contributed by atoms with Crippen LogP contribution in [0.5, 0.6) is 5.75 Å². The minimum atomic E-state index is -1.22. The van der Waals surface area contributed by atoms with Crippen LogP contribution in [0.15, 0.2) is 30.6 Å². The van der Waals surface area contributed by atoms with E-state index < -0.39 is 17.6 Å². The van der Waals surface area contributed by atoms with Gasteiger partial charge in [-0.25, -0.2) is 4.79 Å². The zero-order valence-electron chi connectivity index (χ0n) is 14.4. The molecule has 8 heteroatoms. The van der Waals surface area contributed by atoms with Crippen molar-refractivity contribution in [2.45, 2.75) is 39.3 Å². The predicted molar refractivity (Wildman–Crippen MR) is 94.1 cm³/mol. The van der Waals surface area contributed by atoms with Gasteiger partial charge in [-0.05, 0) is 51.5 Å². The lowest BCUT2D eigenvalue weighted by atomic mass is 10.1. The number of ether oxygens (including phenoxy) is 1. The zero-order valence-corrected chi connectivity index (χ0v) is 15.2. The second-order valence-corrected chi connectivity index (χ2v) is 6.61. The first-order chi connectivity index (χ1) is 11.6. The van der Waals surface area contributed by atoms with E-state index in [1.165, 1.54) is 30.9 Å². The van der Waals surface area contributed by atoms with Crippen molar-refractivity contribution in [3.63, 3.8) is 0 Å². The van der Waals surface area contributed by atoms with Gasteiger partial charge in [-0.3, -0.25) is 9.48 Å². The molecule has 0 aliphatic carbocycles. The molecule has 1 unspecified atom stereocenters. The smallest absolute Gasteiger partial charge is 0.331 e. The first-order valence-electron chi connectivity index (χ1n) is 7.63. The molecule has 1 heterocycles. The number of nitrogens with one attached hydrogen (secondary N) is 1. The Morgan fingerprint density at radius 1 is 1.40 bits per heavy atom. The van der Waals surface area contributed by atoms with Gasteiger partial charge >= 0.3 is 5.97 Å². The summed E-state index contributed by atoms with van der Waals surface area (Å²) in [4.78, 5) is 23.5. The maximum absolute atomic E-state index is 12.2. The summed E-state index contributed by atoms with van der Waals surface area (Å²) < 4.78 is 6.88. The molecule has 1 aromatic carbocycles. The van der Waals surface area contributed by atoms with Crippen LogP contribution in [0.25, 0.3) is 0 Å². The third-order valence-corrected chi connectivity index (χ3v) is 4.18. The maximum atomic E-state index is 12.2. The van der Waals surface area contributed by atoms with Crippen LogP contribution in [0.4, 0.5) is 5.69 Å². The molecule has 0 aliphatic heterocycles. The molecule has 1 amide bonds. The molecular weight excluding hydrogens is 346 g/mol. The lowest BCUT2D eigenvalue weighted by Crippen LogP contribution is -2.36. The number of rotatable bonds is 6. The van der Waals surface area contributed by atoms with Crippen molar-refractivity contribution in [2.24, 2.45) is 0 Å². The number of aromatic nitrogens is 2. The summed E-state index contributed by atoms with van der Waals surface area (Å²) in [5, 5.41) is 16.5. The Morgan fingerprint density at radius 2 is 2.08 bits per heavy atom. The van der Waals surface area contributed by atoms with Crippen LogP contribution in [0.1, 0.15) is 26.3 Å². The number of amides is 1. The Hall–Kier alpha value is -2.54. The third kappa shape index (κ3) is 4.30. The molecule has 2 rings (SSSR count). The van der Waals surface area contributed by atoms with Crippen molar-refractivity contribution in [3.8, 4) is 5.75 Å². The number of carboxylic acid groups (broad SMARTS) is 1. The molecule has 0 aliphatic rings. The van der Waals surface area contributed by atoms with E-state index in [0.29, 0.717) is 16.5 Å². The molecule has 0 spiro atoms. The quantitative estimate of drug-likeness (QED) is 0.820. The second kappa shape index (κ2) is 7.14. The normalized spacial score (nSPS) is 12.5. The fraction of sp³-hybridized carbons (Fsp3) is 0.353. The fourth-order valence-electron chi connectivity index (χ4n) is 1.98. The SMILES string of the molecule is Cc1cc(OC(C)C(=O)Nc2cnn(C(C)(C)C(=O)O)c2)ccc1Cl. The molecule has 1 aromatic heterocycles. The molecule has 2 aromatic rings. The van der Waals surface area contributed by atoms with Crippen molar-refractivity contribution in [1.82, 2.24) is 9.78 Å². The number of anilines is 1. The standard InChI is InChI=1S/C17H20ClN3O4/c1-10-7-13(5-6-14(10)18)25-11(2)15(22)20-12-8-19-21(9-12)17(3,4)16(23)24/h5-9,11H,1-4H3,(H,20,22)(H,23,24). The fourth-order valence-corrected chi connectivity index (χ4v) is 2.10. The summed E-state index contributed by atoms with van der Waals surface area (Å²) in [7, 11) is 0. The van der Waals surface area contributed by atoms with Crippen molar-refractivity contribution in [3.05, 3.63) is 41.2 Å². The number of carboxylic acids is 1. The van der Waals surface area contributed by atoms with Gasteiger partial charge in [0, 0.05) is 11.2 Å². The maximum Gasteiger partial charge on any atom is 0.331 e. The Balaban J connectivity index is 2.03. The highest BCUT2D eigenvalue weighted by Gasteiger charge is 2.30. The van der Waals surface area contributed by atoms with Gasteiger partial charge in [0.25, 0.3) is 5.91 Å². The van der Waals surface area contributed by atoms with E-state index in [9.17, 15) is 14.7 Å². The van der Waals surface area contributed by atoms with Crippen molar-refractivity contribution in [1.29, 1.82) is 0 Å². The number of aliphatic carboxylic acids is 1. The van der Waals surface area contributed by atoms with Crippen molar-refractivity contribution >= 4 is 29.2 Å². The van der Waals surface area contributed by atoms with Crippen LogP contribution in [0.2, 0.25) is 5.02 Å². The highest BCUT2D eigenvalue weighted by molar-refractivity contribution is 6.31. The van der Waals surface area contributed by atoms with E-state index in [-0.39, 0.29) is 5.91 Å². The Kier molecular flexibility index (Phi) is 5.37. The van der Waals surface area contributed by atoms with Gasteiger partial charge in [0.1, 0.15) is 5.75 Å². The summed E-state index contributed by atoms with van der Waals surface area (Å²) >= 11 is 5.96. The Morgan fingerprint density at radius 3 is 2.68 bits per heavy atom. The van der Waals surface area contributed by atoms with Gasteiger partial charge in [0.2, 0.25) is 0 Å². The molecule has 0 fully saturated rings. The minimum Gasteiger partial charge on any atom is -0.481 e. The van der Waals surface area contributed by atoms with E-state index >= 15 is 0 Å². The molecule has 0 bridgehead atoms. The highest BCUT2D eigenvalue weighted by Crippen LogP contribution is 2.22. The Labute approximate surface area is 150 Å². The largest absolute Gasteiger partial charge is 0.481 e. The zero-order chi connectivity index (χ0) is 18.8. The van der Waals surface area contributed by atoms with Gasteiger partial charge < -0.3 is 15.2 Å². The molecule has 0 saturated carbocycles. The number of halogens is 1. The van der Waals surface area contributed by atoms with E-state index in [2.05, 4.69) is 10.4 Å². The monoisotopic (exact) mass is 365 g/mol. The molecule has 0 radical (unpaired) electrons. The van der Waals surface area contributed by atoms with Gasteiger partial charge in [-0.1, -0.05) is 11.6 Å². The molecule has 1 atom stereocenters. The predicted octanol–water partition coefficient (Wildman–Crippen LogP) is 3.07. The molecule has 25 heavy (non-hydrogen) atoms. The van der Waals surface area contributed by atoms with E-state index in [0.717, 1.165) is 5.56 Å². The van der Waals surface area contributed by atoms with Gasteiger partial charge in [0.05, 0.1) is 11.9 Å². The van der Waals surface area contributed by atoms with Gasteiger partial charge in [0.15, 0.2) is 11.6 Å². The molecule has 7 nitrogen and oxygen atoms in total. The minimum absolute atomic E-state index is 0.375. The summed E-state index contributed by atoms with van der Waals surface area (Å²) in [5.74, 6) is -0.865. The third-order valence-electron chi connectivity index (χ3n) is 3.76. The first-order valence-corrected chi connectivity index (χ1v) is 8.01. The summed E-state index contributed by atoms with van der Waals surface area (Å²) in [6.45, 7) is 6.49. The van der Waals surface area contributed by atoms with Gasteiger partial charge in [-0.15, -0.1) is 0 Å². The Bertz CT molecular complexity index is 801. The first kappa shape index (κ1) is 18.8. The van der Waals surface area contributed by atoms with Crippen LogP contribution in [-0.4, -0.2) is 32.9 Å². The lowest BCUT2D eigenvalue weighted by molar-refractivity contribution is -0.146. The van der Waals surface area contributed by atoms with Crippen LogP contribution in [0.3, 0.4) is 0 Å².